The van der Waals surface area contributed by atoms with E-state index in [2.05, 4.69) is 145 Å². The molecular formula is C30H45N5. The van der Waals surface area contributed by atoms with E-state index in [1.807, 2.05) is 0 Å². The summed E-state index contributed by atoms with van der Waals surface area (Å²) < 4.78 is 0. The Labute approximate surface area is 211 Å². The van der Waals surface area contributed by atoms with Crippen LogP contribution in [0, 0.1) is 0 Å². The third-order valence-electron chi connectivity index (χ3n) is 5.90. The van der Waals surface area contributed by atoms with E-state index >= 15 is 0 Å². The van der Waals surface area contributed by atoms with Gasteiger partial charge in [0.1, 0.15) is 5.82 Å². The number of aromatic nitrogens is 4. The lowest BCUT2D eigenvalue weighted by Gasteiger charge is -2.19. The fourth-order valence-electron chi connectivity index (χ4n) is 3.72. The lowest BCUT2D eigenvalue weighted by molar-refractivity contribution is 0.554. The molecule has 0 amide bonds. The van der Waals surface area contributed by atoms with Crippen molar-refractivity contribution in [3.63, 3.8) is 0 Å². The van der Waals surface area contributed by atoms with Crippen LogP contribution in [-0.4, -0.2) is 25.5 Å². The second-order valence-corrected chi connectivity index (χ2v) is 13.8. The first-order valence-corrected chi connectivity index (χ1v) is 12.6. The molecule has 2 aromatic carbocycles. The number of nitrogens with one attached hydrogen (secondary N) is 3. The van der Waals surface area contributed by atoms with Crippen LogP contribution in [0.1, 0.15) is 100 Å². The Kier molecular flexibility index (Phi) is 6.88. The SMILES string of the molecule is CC(C)(C)Nc1nc2ccc(C(C)(C)C)cc2[nH]1.CC(C)(C)c1ccc2nc(C(C)(C)C)[nH]c2c1. The summed E-state index contributed by atoms with van der Waals surface area (Å²) in [5, 5.41) is 3.36. The zero-order chi connectivity index (χ0) is 26.4. The quantitative estimate of drug-likeness (QED) is 0.260. The molecule has 5 heteroatoms. The Balaban J connectivity index is 0.000000196. The summed E-state index contributed by atoms with van der Waals surface area (Å²) in [5.74, 6) is 1.89. The van der Waals surface area contributed by atoms with E-state index in [0.29, 0.717) is 0 Å². The molecule has 0 fully saturated rings. The van der Waals surface area contributed by atoms with Crippen LogP contribution in [0.4, 0.5) is 5.95 Å². The molecule has 0 atom stereocenters. The van der Waals surface area contributed by atoms with Crippen molar-refractivity contribution in [2.45, 2.75) is 105 Å². The predicted molar refractivity (Wildman–Crippen MR) is 152 cm³/mol. The zero-order valence-electron chi connectivity index (χ0n) is 23.9. The van der Waals surface area contributed by atoms with E-state index in [4.69, 9.17) is 0 Å². The molecule has 0 bridgehead atoms. The molecule has 0 aliphatic rings. The Bertz CT molecular complexity index is 1280. The molecule has 4 aromatic rings. The average Bonchev–Trinajstić information content (AvgIpc) is 3.27. The molecule has 0 saturated heterocycles. The molecule has 190 valence electrons. The topological polar surface area (TPSA) is 69.4 Å². The zero-order valence-corrected chi connectivity index (χ0v) is 23.9. The molecule has 0 aliphatic carbocycles. The third-order valence-corrected chi connectivity index (χ3v) is 5.90. The van der Waals surface area contributed by atoms with E-state index in [0.717, 1.165) is 33.8 Å². The molecular weight excluding hydrogens is 430 g/mol. The molecule has 0 unspecified atom stereocenters. The minimum absolute atomic E-state index is 0.0146. The lowest BCUT2D eigenvalue weighted by atomic mass is 9.87. The summed E-state index contributed by atoms with van der Waals surface area (Å²) in [6, 6.07) is 12.9. The molecule has 35 heavy (non-hydrogen) atoms. The van der Waals surface area contributed by atoms with E-state index < -0.39 is 0 Å². The number of imidazole rings is 2. The second-order valence-electron chi connectivity index (χ2n) is 13.8. The van der Waals surface area contributed by atoms with E-state index in [-0.39, 0.29) is 21.8 Å². The molecule has 5 nitrogen and oxygen atoms in total. The first-order chi connectivity index (χ1) is 15.8. The van der Waals surface area contributed by atoms with E-state index in [1.165, 1.54) is 11.1 Å². The molecule has 4 rings (SSSR count). The fourth-order valence-corrected chi connectivity index (χ4v) is 3.72. The fraction of sp³-hybridized carbons (Fsp3) is 0.533. The van der Waals surface area contributed by atoms with Gasteiger partial charge in [0.15, 0.2) is 0 Å². The molecule has 2 heterocycles. The average molecular weight is 476 g/mol. The van der Waals surface area contributed by atoms with Gasteiger partial charge in [-0.25, -0.2) is 9.97 Å². The van der Waals surface area contributed by atoms with Gasteiger partial charge in [-0.05, 0) is 67.0 Å². The second kappa shape index (κ2) is 9.00. The van der Waals surface area contributed by atoms with Crippen LogP contribution < -0.4 is 5.32 Å². The van der Waals surface area contributed by atoms with Gasteiger partial charge in [-0.2, -0.15) is 0 Å². The molecule has 3 N–H and O–H groups in total. The van der Waals surface area contributed by atoms with Gasteiger partial charge in [-0.1, -0.05) is 74.4 Å². The van der Waals surface area contributed by atoms with Crippen molar-refractivity contribution in [2.24, 2.45) is 0 Å². The number of rotatable bonds is 1. The van der Waals surface area contributed by atoms with E-state index in [1.54, 1.807) is 0 Å². The van der Waals surface area contributed by atoms with Crippen molar-refractivity contribution in [3.05, 3.63) is 53.3 Å². The summed E-state index contributed by atoms with van der Waals surface area (Å²) in [6.07, 6.45) is 0. The molecule has 0 saturated carbocycles. The monoisotopic (exact) mass is 475 g/mol. The van der Waals surface area contributed by atoms with Crippen LogP contribution >= 0.6 is 0 Å². The maximum atomic E-state index is 4.65. The number of fused-ring (bicyclic) bond motifs is 2. The van der Waals surface area contributed by atoms with Gasteiger partial charge in [0.25, 0.3) is 0 Å². The Hall–Kier alpha value is -2.82. The van der Waals surface area contributed by atoms with Crippen LogP contribution in [0.25, 0.3) is 22.1 Å². The van der Waals surface area contributed by atoms with E-state index in [9.17, 15) is 0 Å². The van der Waals surface area contributed by atoms with Gasteiger partial charge < -0.3 is 15.3 Å². The van der Waals surface area contributed by atoms with Gasteiger partial charge in [-0.15, -0.1) is 0 Å². The summed E-state index contributed by atoms with van der Waals surface area (Å²) in [7, 11) is 0. The highest BCUT2D eigenvalue weighted by molar-refractivity contribution is 5.78. The van der Waals surface area contributed by atoms with Crippen molar-refractivity contribution < 1.29 is 0 Å². The minimum atomic E-state index is 0.0146. The van der Waals surface area contributed by atoms with Gasteiger partial charge >= 0.3 is 0 Å². The highest BCUT2D eigenvalue weighted by atomic mass is 15.1. The number of anilines is 1. The van der Waals surface area contributed by atoms with Crippen molar-refractivity contribution in [2.75, 3.05) is 5.32 Å². The highest BCUT2D eigenvalue weighted by Crippen LogP contribution is 2.28. The first kappa shape index (κ1) is 26.8. The van der Waals surface area contributed by atoms with Crippen LogP contribution in [0.2, 0.25) is 0 Å². The van der Waals surface area contributed by atoms with Crippen LogP contribution in [0.5, 0.6) is 0 Å². The Morgan fingerprint density at radius 3 is 1.46 bits per heavy atom. The summed E-state index contributed by atoms with van der Waals surface area (Å²) >= 11 is 0. The highest BCUT2D eigenvalue weighted by Gasteiger charge is 2.20. The molecule has 0 radical (unpaired) electrons. The van der Waals surface area contributed by atoms with Gasteiger partial charge in [0.2, 0.25) is 5.95 Å². The van der Waals surface area contributed by atoms with Crippen molar-refractivity contribution in [1.82, 2.24) is 19.9 Å². The van der Waals surface area contributed by atoms with Crippen molar-refractivity contribution in [1.29, 1.82) is 0 Å². The number of benzene rings is 2. The Morgan fingerprint density at radius 1 is 0.571 bits per heavy atom. The lowest BCUT2D eigenvalue weighted by Crippen LogP contribution is -2.26. The largest absolute Gasteiger partial charge is 0.351 e. The number of nitrogens with zero attached hydrogens (tertiary/aromatic N) is 2. The van der Waals surface area contributed by atoms with Crippen LogP contribution in [0.15, 0.2) is 36.4 Å². The maximum Gasteiger partial charge on any atom is 0.201 e. The Morgan fingerprint density at radius 2 is 1.03 bits per heavy atom. The number of aromatic amines is 2. The van der Waals surface area contributed by atoms with Crippen molar-refractivity contribution >= 4 is 28.0 Å². The number of H-pyrrole nitrogens is 2. The predicted octanol–water partition coefficient (Wildman–Crippen LogP) is 8.23. The van der Waals surface area contributed by atoms with Crippen molar-refractivity contribution in [3.8, 4) is 0 Å². The van der Waals surface area contributed by atoms with Crippen LogP contribution in [-0.2, 0) is 16.2 Å². The van der Waals surface area contributed by atoms with Gasteiger partial charge in [0, 0.05) is 11.0 Å². The smallest absolute Gasteiger partial charge is 0.201 e. The number of hydrogen-bond acceptors (Lipinski definition) is 3. The summed E-state index contributed by atoms with van der Waals surface area (Å²) in [4.78, 5) is 16.0. The summed E-state index contributed by atoms with van der Waals surface area (Å²) in [6.45, 7) is 26.3. The molecule has 0 spiro atoms. The first-order valence-electron chi connectivity index (χ1n) is 12.6. The van der Waals surface area contributed by atoms with Crippen LogP contribution in [0.3, 0.4) is 0 Å². The van der Waals surface area contributed by atoms with Gasteiger partial charge in [0.05, 0.1) is 22.1 Å². The van der Waals surface area contributed by atoms with Gasteiger partial charge in [-0.3, -0.25) is 0 Å². The normalized spacial score (nSPS) is 13.1. The molecule has 2 aromatic heterocycles. The summed E-state index contributed by atoms with van der Waals surface area (Å²) in [5.41, 5.74) is 7.39. The molecule has 0 aliphatic heterocycles. The minimum Gasteiger partial charge on any atom is -0.351 e. The third kappa shape index (κ3) is 6.87. The maximum absolute atomic E-state index is 4.65. The number of hydrogen-bond donors (Lipinski definition) is 3. The standard InChI is InChI=1S/C15H23N3.C15H22N2/c1-14(2,3)10-7-8-11-12(9-10)17-13(16-11)18-15(4,5)6;1-14(2,3)10-7-8-11-12(9-10)17-13(16-11)15(4,5)6/h7-9H,1-6H3,(H2,16,17,18);7-9H,1-6H3,(H,16,17).